The molecule has 14 heavy (non-hydrogen) atoms. The van der Waals surface area contributed by atoms with Crippen LogP contribution in [0, 0.1) is 0 Å². The van der Waals surface area contributed by atoms with E-state index in [2.05, 4.69) is 17.4 Å². The molecule has 1 aliphatic rings. The highest BCUT2D eigenvalue weighted by atomic mass is 16.5. The minimum Gasteiger partial charge on any atom is -0.381 e. The van der Waals surface area contributed by atoms with E-state index >= 15 is 0 Å². The summed E-state index contributed by atoms with van der Waals surface area (Å²) in [5.74, 6) is 1.38. The molecule has 0 spiro atoms. The maximum atomic E-state index is 5.30. The Morgan fingerprint density at radius 3 is 3.29 bits per heavy atom. The summed E-state index contributed by atoms with van der Waals surface area (Å²) >= 11 is 0. The van der Waals surface area contributed by atoms with Gasteiger partial charge in [0, 0.05) is 25.1 Å². The molecule has 1 aromatic rings. The third kappa shape index (κ3) is 2.13. The molecule has 0 aromatic carbocycles. The van der Waals surface area contributed by atoms with Crippen molar-refractivity contribution in [2.24, 2.45) is 0 Å². The molecule has 0 aliphatic carbocycles. The van der Waals surface area contributed by atoms with E-state index in [1.165, 1.54) is 0 Å². The van der Waals surface area contributed by atoms with Crippen molar-refractivity contribution in [2.45, 2.75) is 25.8 Å². The fourth-order valence-corrected chi connectivity index (χ4v) is 1.62. The first-order valence-corrected chi connectivity index (χ1v) is 5.14. The Morgan fingerprint density at radius 1 is 1.64 bits per heavy atom. The van der Waals surface area contributed by atoms with Gasteiger partial charge >= 0.3 is 0 Å². The van der Waals surface area contributed by atoms with Crippen LogP contribution in [0.3, 0.4) is 0 Å². The van der Waals surface area contributed by atoms with Crippen LogP contribution in [0.1, 0.15) is 30.7 Å². The molecule has 0 radical (unpaired) electrons. The summed E-state index contributed by atoms with van der Waals surface area (Å²) in [6, 6.07) is 2.03. The fraction of sp³-hybridized carbons (Fsp3) is 0.700. The largest absolute Gasteiger partial charge is 0.381 e. The van der Waals surface area contributed by atoms with Crippen LogP contribution in [0.2, 0.25) is 0 Å². The average Bonchev–Trinajstić information content (AvgIpc) is 2.85. The second-order valence-electron chi connectivity index (χ2n) is 3.56. The highest BCUT2D eigenvalue weighted by Gasteiger charge is 2.21. The summed E-state index contributed by atoms with van der Waals surface area (Å²) in [5, 5.41) is 7.22. The van der Waals surface area contributed by atoms with Crippen molar-refractivity contribution >= 4 is 0 Å². The highest BCUT2D eigenvalue weighted by molar-refractivity contribution is 5.10. The number of aromatic nitrogens is 1. The number of rotatable bonds is 4. The van der Waals surface area contributed by atoms with Gasteiger partial charge in [0.15, 0.2) is 0 Å². The molecule has 78 valence electrons. The predicted octanol–water partition coefficient (Wildman–Crippen LogP) is 1.29. The van der Waals surface area contributed by atoms with Crippen molar-refractivity contribution in [3.8, 4) is 0 Å². The van der Waals surface area contributed by atoms with E-state index in [0.29, 0.717) is 5.92 Å². The summed E-state index contributed by atoms with van der Waals surface area (Å²) in [4.78, 5) is 0. The van der Waals surface area contributed by atoms with Gasteiger partial charge in [0.25, 0.3) is 0 Å². The number of hydrogen-bond acceptors (Lipinski definition) is 4. The summed E-state index contributed by atoms with van der Waals surface area (Å²) in [6.45, 7) is 5.43. The van der Waals surface area contributed by atoms with Gasteiger partial charge in [-0.15, -0.1) is 0 Å². The Kier molecular flexibility index (Phi) is 3.16. The van der Waals surface area contributed by atoms with Crippen LogP contribution in [0.15, 0.2) is 10.6 Å². The van der Waals surface area contributed by atoms with Gasteiger partial charge in [-0.2, -0.15) is 0 Å². The smallest absolute Gasteiger partial charge is 0.142 e. The third-order valence-corrected chi connectivity index (χ3v) is 2.47. The molecule has 4 heteroatoms. The molecule has 2 heterocycles. The van der Waals surface area contributed by atoms with Gasteiger partial charge in [0.2, 0.25) is 0 Å². The van der Waals surface area contributed by atoms with Crippen molar-refractivity contribution in [2.75, 3.05) is 19.8 Å². The molecular weight excluding hydrogens is 180 g/mol. The molecule has 1 atom stereocenters. The number of hydrogen-bond donors (Lipinski definition) is 1. The Balaban J connectivity index is 1.94. The van der Waals surface area contributed by atoms with Crippen LogP contribution >= 0.6 is 0 Å². The molecule has 1 N–H and O–H groups in total. The summed E-state index contributed by atoms with van der Waals surface area (Å²) in [6.07, 6.45) is 1.05. The lowest BCUT2D eigenvalue weighted by Crippen LogP contribution is -2.11. The van der Waals surface area contributed by atoms with Gasteiger partial charge in [-0.1, -0.05) is 12.1 Å². The van der Waals surface area contributed by atoms with Gasteiger partial charge in [0.1, 0.15) is 5.76 Å². The van der Waals surface area contributed by atoms with E-state index in [0.717, 1.165) is 44.2 Å². The maximum absolute atomic E-state index is 5.30. The number of nitrogens with one attached hydrogen (secondary N) is 1. The Hall–Kier alpha value is -0.870. The van der Waals surface area contributed by atoms with Crippen molar-refractivity contribution in [3.05, 3.63) is 17.5 Å². The average molecular weight is 196 g/mol. The highest BCUT2D eigenvalue weighted by Crippen LogP contribution is 2.25. The predicted molar refractivity (Wildman–Crippen MR) is 52.1 cm³/mol. The van der Waals surface area contributed by atoms with Crippen molar-refractivity contribution in [3.63, 3.8) is 0 Å². The number of ether oxygens (including phenoxy) is 1. The van der Waals surface area contributed by atoms with Crippen LogP contribution < -0.4 is 5.32 Å². The Morgan fingerprint density at radius 2 is 2.57 bits per heavy atom. The third-order valence-electron chi connectivity index (χ3n) is 2.47. The molecular formula is C10H16N2O2. The lowest BCUT2D eigenvalue weighted by molar-refractivity contribution is 0.190. The quantitative estimate of drug-likeness (QED) is 0.788. The molecule has 1 aliphatic heterocycles. The van der Waals surface area contributed by atoms with Crippen LogP contribution in [-0.4, -0.2) is 24.9 Å². The molecule has 1 unspecified atom stereocenters. The Bertz CT molecular complexity index is 279. The van der Waals surface area contributed by atoms with E-state index in [1.807, 2.05) is 6.07 Å². The first-order valence-electron chi connectivity index (χ1n) is 5.14. The molecule has 0 amide bonds. The summed E-state index contributed by atoms with van der Waals surface area (Å²) in [7, 11) is 0. The van der Waals surface area contributed by atoms with Gasteiger partial charge in [0.05, 0.1) is 12.3 Å². The molecule has 0 bridgehead atoms. The van der Waals surface area contributed by atoms with Crippen LogP contribution in [0.5, 0.6) is 0 Å². The van der Waals surface area contributed by atoms with Crippen LogP contribution in [0.4, 0.5) is 0 Å². The normalized spacial score (nSPS) is 21.6. The van der Waals surface area contributed by atoms with Crippen LogP contribution in [0.25, 0.3) is 0 Å². The lowest BCUT2D eigenvalue weighted by Gasteiger charge is -1.98. The second kappa shape index (κ2) is 4.57. The lowest BCUT2D eigenvalue weighted by atomic mass is 10.1. The molecule has 1 aromatic heterocycles. The van der Waals surface area contributed by atoms with Gasteiger partial charge in [-0.25, -0.2) is 0 Å². The maximum Gasteiger partial charge on any atom is 0.142 e. The molecule has 2 rings (SSSR count). The van der Waals surface area contributed by atoms with Crippen molar-refractivity contribution in [1.82, 2.24) is 10.5 Å². The minimum absolute atomic E-state index is 0.415. The van der Waals surface area contributed by atoms with E-state index in [9.17, 15) is 0 Å². The first kappa shape index (κ1) is 9.68. The summed E-state index contributed by atoms with van der Waals surface area (Å²) in [5.41, 5.74) is 0.980. The van der Waals surface area contributed by atoms with Crippen molar-refractivity contribution in [1.29, 1.82) is 0 Å². The zero-order chi connectivity index (χ0) is 9.80. The van der Waals surface area contributed by atoms with Gasteiger partial charge in [-0.05, 0) is 13.0 Å². The van der Waals surface area contributed by atoms with Crippen molar-refractivity contribution < 1.29 is 9.26 Å². The van der Waals surface area contributed by atoms with E-state index < -0.39 is 0 Å². The molecule has 1 saturated heterocycles. The van der Waals surface area contributed by atoms with Gasteiger partial charge < -0.3 is 14.6 Å². The van der Waals surface area contributed by atoms with Gasteiger partial charge in [-0.3, -0.25) is 0 Å². The topological polar surface area (TPSA) is 47.3 Å². The monoisotopic (exact) mass is 196 g/mol. The van der Waals surface area contributed by atoms with Crippen LogP contribution in [-0.2, 0) is 11.3 Å². The minimum atomic E-state index is 0.415. The summed E-state index contributed by atoms with van der Waals surface area (Å²) < 4.78 is 10.6. The molecule has 0 saturated carbocycles. The second-order valence-corrected chi connectivity index (χ2v) is 3.56. The Labute approximate surface area is 83.6 Å². The van der Waals surface area contributed by atoms with E-state index in [4.69, 9.17) is 9.26 Å². The zero-order valence-electron chi connectivity index (χ0n) is 8.45. The fourth-order valence-electron chi connectivity index (χ4n) is 1.62. The first-order chi connectivity index (χ1) is 6.90. The molecule has 1 fully saturated rings. The standard InChI is InChI=1S/C10H16N2O2/c1-2-11-6-9-5-10(14-12-9)8-3-4-13-7-8/h5,8,11H,2-4,6-7H2,1H3. The zero-order valence-corrected chi connectivity index (χ0v) is 8.45. The van der Waals surface area contributed by atoms with E-state index in [1.54, 1.807) is 0 Å². The number of nitrogens with zero attached hydrogens (tertiary/aromatic N) is 1. The molecule has 4 nitrogen and oxygen atoms in total. The SMILES string of the molecule is CCNCc1cc(C2CCOC2)on1. The van der Waals surface area contributed by atoms with E-state index in [-0.39, 0.29) is 0 Å².